The van der Waals surface area contributed by atoms with Crippen LogP contribution >= 0.6 is 23.4 Å². The number of esters is 1. The Kier molecular flexibility index (Phi) is 7.24. The Morgan fingerprint density at radius 2 is 2.04 bits per heavy atom. The number of methoxy groups -OCH3 is 1. The van der Waals surface area contributed by atoms with Gasteiger partial charge in [0.1, 0.15) is 0 Å². The Hall–Kier alpha value is -1.20. The minimum absolute atomic E-state index is 0.0139. The molecule has 1 aliphatic heterocycles. The molecule has 2 rings (SSSR count). The van der Waals surface area contributed by atoms with Crippen LogP contribution in [0.4, 0.5) is 0 Å². The van der Waals surface area contributed by atoms with Crippen molar-refractivity contribution in [1.82, 2.24) is 5.32 Å². The normalized spacial score (nSPS) is 23.5. The molecule has 126 valence electrons. The zero-order valence-corrected chi connectivity index (χ0v) is 14.7. The standard InChI is InChI=1S/C17H22ClNO3S/c1-22-15(20)10-6-5-9-14-16(18)13(11-23-14)19-17(21)12-7-3-2-4-8-12/h2-4,7-8,13-14,16H,5-6,9-11H2,1H3,(H,19,21)/t13-,14-,16+/m1/s1. The lowest BCUT2D eigenvalue weighted by atomic mass is 10.1. The first-order valence-electron chi connectivity index (χ1n) is 7.80. The molecule has 0 bridgehead atoms. The second-order valence-electron chi connectivity index (χ2n) is 5.58. The van der Waals surface area contributed by atoms with Crippen LogP contribution in [-0.2, 0) is 9.53 Å². The van der Waals surface area contributed by atoms with Gasteiger partial charge in [0.2, 0.25) is 0 Å². The van der Waals surface area contributed by atoms with Crippen LogP contribution in [0.3, 0.4) is 0 Å². The highest BCUT2D eigenvalue weighted by Crippen LogP contribution is 2.34. The number of hydrogen-bond acceptors (Lipinski definition) is 4. The molecule has 1 N–H and O–H groups in total. The smallest absolute Gasteiger partial charge is 0.305 e. The molecular formula is C17H22ClNO3S. The van der Waals surface area contributed by atoms with E-state index >= 15 is 0 Å². The van der Waals surface area contributed by atoms with E-state index in [1.54, 1.807) is 23.9 Å². The summed E-state index contributed by atoms with van der Waals surface area (Å²) in [4.78, 5) is 23.3. The summed E-state index contributed by atoms with van der Waals surface area (Å²) in [6.45, 7) is 0. The number of amides is 1. The third-order valence-electron chi connectivity index (χ3n) is 3.93. The van der Waals surface area contributed by atoms with E-state index in [0.717, 1.165) is 25.0 Å². The van der Waals surface area contributed by atoms with E-state index in [-0.39, 0.29) is 23.3 Å². The van der Waals surface area contributed by atoms with Crippen molar-refractivity contribution in [2.45, 2.75) is 42.4 Å². The van der Waals surface area contributed by atoms with E-state index in [1.807, 2.05) is 18.2 Å². The van der Waals surface area contributed by atoms with Crippen molar-refractivity contribution < 1.29 is 14.3 Å². The number of nitrogens with one attached hydrogen (secondary N) is 1. The SMILES string of the molecule is COC(=O)CCCC[C@H]1SC[C@@H](NC(=O)c2ccccc2)[C@@H]1Cl. The largest absolute Gasteiger partial charge is 0.469 e. The maximum atomic E-state index is 12.2. The Bertz CT molecular complexity index is 526. The highest BCUT2D eigenvalue weighted by molar-refractivity contribution is 8.00. The van der Waals surface area contributed by atoms with Crippen molar-refractivity contribution in [2.75, 3.05) is 12.9 Å². The second kappa shape index (κ2) is 9.18. The first-order chi connectivity index (χ1) is 11.1. The molecule has 1 aliphatic rings. The number of benzene rings is 1. The van der Waals surface area contributed by atoms with Gasteiger partial charge in [-0.1, -0.05) is 24.6 Å². The van der Waals surface area contributed by atoms with Gasteiger partial charge in [-0.3, -0.25) is 9.59 Å². The summed E-state index contributed by atoms with van der Waals surface area (Å²) >= 11 is 8.31. The quantitative estimate of drug-likeness (QED) is 0.463. The van der Waals surface area contributed by atoms with E-state index in [2.05, 4.69) is 10.1 Å². The third-order valence-corrected chi connectivity index (χ3v) is 6.20. The van der Waals surface area contributed by atoms with Crippen molar-refractivity contribution >= 4 is 35.2 Å². The zero-order valence-electron chi connectivity index (χ0n) is 13.2. The fraction of sp³-hybridized carbons (Fsp3) is 0.529. The molecule has 0 saturated carbocycles. The van der Waals surface area contributed by atoms with Crippen LogP contribution in [0, 0.1) is 0 Å². The van der Waals surface area contributed by atoms with Crippen LogP contribution in [0.5, 0.6) is 0 Å². The molecule has 1 amide bonds. The van der Waals surface area contributed by atoms with Gasteiger partial charge in [0.15, 0.2) is 0 Å². The summed E-state index contributed by atoms with van der Waals surface area (Å²) in [5.74, 6) is 0.585. The van der Waals surface area contributed by atoms with Gasteiger partial charge in [0, 0.05) is 23.0 Å². The maximum Gasteiger partial charge on any atom is 0.305 e. The van der Waals surface area contributed by atoms with Crippen molar-refractivity contribution in [3.05, 3.63) is 35.9 Å². The van der Waals surface area contributed by atoms with E-state index in [9.17, 15) is 9.59 Å². The molecule has 3 atom stereocenters. The minimum Gasteiger partial charge on any atom is -0.469 e. The van der Waals surface area contributed by atoms with Gasteiger partial charge < -0.3 is 10.1 Å². The Morgan fingerprint density at radius 3 is 2.74 bits per heavy atom. The van der Waals surface area contributed by atoms with E-state index < -0.39 is 0 Å². The van der Waals surface area contributed by atoms with Crippen molar-refractivity contribution in [1.29, 1.82) is 0 Å². The summed E-state index contributed by atoms with van der Waals surface area (Å²) in [7, 11) is 1.41. The number of carbonyl (C=O) groups excluding carboxylic acids is 2. The minimum atomic E-state index is -0.167. The first kappa shape index (κ1) is 18.1. The third kappa shape index (κ3) is 5.43. The average Bonchev–Trinajstić information content (AvgIpc) is 2.92. The van der Waals surface area contributed by atoms with E-state index in [1.165, 1.54) is 7.11 Å². The van der Waals surface area contributed by atoms with Crippen molar-refractivity contribution in [2.24, 2.45) is 0 Å². The molecule has 1 heterocycles. The number of unbranched alkanes of at least 4 members (excludes halogenated alkanes) is 1. The number of ether oxygens (including phenoxy) is 1. The molecule has 6 heteroatoms. The molecule has 0 aromatic heterocycles. The maximum absolute atomic E-state index is 12.2. The Balaban J connectivity index is 1.74. The predicted octanol–water partition coefficient (Wildman–Crippen LogP) is 3.24. The lowest BCUT2D eigenvalue weighted by molar-refractivity contribution is -0.140. The predicted molar refractivity (Wildman–Crippen MR) is 94.1 cm³/mol. The van der Waals surface area contributed by atoms with Crippen LogP contribution in [0.15, 0.2) is 30.3 Å². The molecule has 4 nitrogen and oxygen atoms in total. The number of carbonyl (C=O) groups is 2. The van der Waals surface area contributed by atoms with Crippen LogP contribution in [-0.4, -0.2) is 41.4 Å². The summed E-state index contributed by atoms with van der Waals surface area (Å²) < 4.78 is 4.63. The van der Waals surface area contributed by atoms with E-state index in [4.69, 9.17) is 11.6 Å². The molecule has 23 heavy (non-hydrogen) atoms. The number of thioether (sulfide) groups is 1. The fourth-order valence-electron chi connectivity index (χ4n) is 2.59. The van der Waals surface area contributed by atoms with Gasteiger partial charge in [0.25, 0.3) is 5.91 Å². The molecule has 1 aromatic rings. The average molecular weight is 356 g/mol. The lowest BCUT2D eigenvalue weighted by Crippen LogP contribution is -2.41. The zero-order chi connectivity index (χ0) is 16.7. The van der Waals surface area contributed by atoms with Crippen molar-refractivity contribution in [3.8, 4) is 0 Å². The first-order valence-corrected chi connectivity index (χ1v) is 9.28. The van der Waals surface area contributed by atoms with Crippen LogP contribution in [0.2, 0.25) is 0 Å². The van der Waals surface area contributed by atoms with Gasteiger partial charge in [-0.2, -0.15) is 11.8 Å². The fourth-order valence-corrected chi connectivity index (χ4v) is 4.65. The van der Waals surface area contributed by atoms with Gasteiger partial charge in [-0.25, -0.2) is 0 Å². The van der Waals surface area contributed by atoms with Gasteiger partial charge >= 0.3 is 5.97 Å². The molecule has 1 fully saturated rings. The number of halogens is 1. The lowest BCUT2D eigenvalue weighted by Gasteiger charge is -2.19. The Labute approximate surface area is 146 Å². The highest BCUT2D eigenvalue weighted by atomic mass is 35.5. The molecule has 0 aliphatic carbocycles. The summed E-state index contributed by atoms with van der Waals surface area (Å²) in [5.41, 5.74) is 0.655. The molecule has 1 saturated heterocycles. The van der Waals surface area contributed by atoms with Crippen LogP contribution in [0.25, 0.3) is 0 Å². The summed E-state index contributed by atoms with van der Waals surface area (Å²) in [6.07, 6.45) is 3.16. The Morgan fingerprint density at radius 1 is 1.30 bits per heavy atom. The molecule has 0 spiro atoms. The topological polar surface area (TPSA) is 55.4 Å². The van der Waals surface area contributed by atoms with Gasteiger partial charge in [0.05, 0.1) is 18.5 Å². The van der Waals surface area contributed by atoms with Gasteiger partial charge in [-0.05, 0) is 25.0 Å². The monoisotopic (exact) mass is 355 g/mol. The summed E-state index contributed by atoms with van der Waals surface area (Å²) in [6, 6.07) is 9.16. The van der Waals surface area contributed by atoms with Gasteiger partial charge in [-0.15, -0.1) is 11.6 Å². The molecular weight excluding hydrogens is 334 g/mol. The molecule has 0 radical (unpaired) electrons. The van der Waals surface area contributed by atoms with Crippen molar-refractivity contribution in [3.63, 3.8) is 0 Å². The molecule has 0 unspecified atom stereocenters. The summed E-state index contributed by atoms with van der Waals surface area (Å²) in [5, 5.41) is 3.26. The molecule has 1 aromatic carbocycles. The van der Waals surface area contributed by atoms with Crippen LogP contribution < -0.4 is 5.32 Å². The van der Waals surface area contributed by atoms with E-state index in [0.29, 0.717) is 17.2 Å². The van der Waals surface area contributed by atoms with Crippen LogP contribution in [0.1, 0.15) is 36.0 Å². The second-order valence-corrected chi connectivity index (χ2v) is 7.36. The number of alkyl halides is 1. The number of rotatable bonds is 7. The number of hydrogen-bond donors (Lipinski definition) is 1. The highest BCUT2D eigenvalue weighted by Gasteiger charge is 2.35.